The number of rotatable bonds is 6. The number of nitrogens with zero attached hydrogens (tertiary/aromatic N) is 3. The van der Waals surface area contributed by atoms with Crippen LogP contribution in [0.5, 0.6) is 5.75 Å². The Morgan fingerprint density at radius 2 is 2.03 bits per heavy atom. The van der Waals surface area contributed by atoms with E-state index in [1.54, 1.807) is 0 Å². The van der Waals surface area contributed by atoms with Crippen molar-refractivity contribution in [2.75, 3.05) is 26.2 Å². The van der Waals surface area contributed by atoms with Gasteiger partial charge in [0.2, 0.25) is 5.91 Å². The van der Waals surface area contributed by atoms with Crippen LogP contribution in [-0.2, 0) is 24.2 Å². The molecule has 1 aromatic carbocycles. The maximum atomic E-state index is 12.6. The van der Waals surface area contributed by atoms with E-state index >= 15 is 0 Å². The lowest BCUT2D eigenvalue weighted by Crippen LogP contribution is -2.38. The number of fused-ring (bicyclic) bond motifs is 1. The van der Waals surface area contributed by atoms with Crippen LogP contribution in [0.3, 0.4) is 0 Å². The molecule has 0 unspecified atom stereocenters. The van der Waals surface area contributed by atoms with Crippen molar-refractivity contribution >= 4 is 5.91 Å². The smallest absolute Gasteiger partial charge is 0.222 e. The second kappa shape index (κ2) is 9.35. The number of nitrogens with one attached hydrogen (secondary N) is 1. The molecule has 1 amide bonds. The summed E-state index contributed by atoms with van der Waals surface area (Å²) in [5.41, 5.74) is 3.60. The first-order chi connectivity index (χ1) is 14.2. The molecule has 29 heavy (non-hydrogen) atoms. The van der Waals surface area contributed by atoms with Gasteiger partial charge >= 0.3 is 0 Å². The van der Waals surface area contributed by atoms with E-state index in [1.807, 2.05) is 42.3 Å². The second-order valence-corrected chi connectivity index (χ2v) is 7.86. The van der Waals surface area contributed by atoms with Crippen molar-refractivity contribution in [3.8, 4) is 5.75 Å². The molecule has 2 aromatic rings. The van der Waals surface area contributed by atoms with E-state index in [0.29, 0.717) is 18.9 Å². The van der Waals surface area contributed by atoms with E-state index in [1.165, 1.54) is 16.8 Å². The van der Waals surface area contributed by atoms with Crippen molar-refractivity contribution in [1.82, 2.24) is 20.2 Å². The molecule has 0 atom stereocenters. The highest BCUT2D eigenvalue weighted by Gasteiger charge is 2.26. The first kappa shape index (κ1) is 19.8. The molecule has 3 heterocycles. The molecule has 154 valence electrons. The molecule has 0 spiro atoms. The number of carbonyl (C=O) groups is 1. The van der Waals surface area contributed by atoms with E-state index < -0.39 is 0 Å². The van der Waals surface area contributed by atoms with E-state index in [4.69, 9.17) is 9.72 Å². The number of carbonyl (C=O) groups excluding carboxylic acids is 1. The first-order valence-corrected chi connectivity index (χ1v) is 10.8. The van der Waals surface area contributed by atoms with Gasteiger partial charge in [-0.2, -0.15) is 0 Å². The van der Waals surface area contributed by atoms with Gasteiger partial charge in [-0.1, -0.05) is 12.1 Å². The Bertz CT molecular complexity index is 829. The number of ether oxygens (including phenoxy) is 1. The monoisotopic (exact) mass is 394 g/mol. The van der Waals surface area contributed by atoms with Gasteiger partial charge in [0, 0.05) is 62.4 Å². The molecule has 1 aromatic heterocycles. The third kappa shape index (κ3) is 4.93. The van der Waals surface area contributed by atoms with Gasteiger partial charge < -0.3 is 15.0 Å². The molecule has 1 N–H and O–H groups in total. The topological polar surface area (TPSA) is 67.3 Å². The molecule has 0 bridgehead atoms. The molecular formula is C23H30N4O2. The lowest BCUT2D eigenvalue weighted by Gasteiger charge is -2.31. The van der Waals surface area contributed by atoms with E-state index in [0.717, 1.165) is 63.4 Å². The molecule has 6 nitrogen and oxygen atoms in total. The Balaban J connectivity index is 1.26. The van der Waals surface area contributed by atoms with E-state index in [2.05, 4.69) is 10.3 Å². The summed E-state index contributed by atoms with van der Waals surface area (Å²) >= 11 is 0. The Kier molecular flexibility index (Phi) is 6.39. The van der Waals surface area contributed by atoms with Gasteiger partial charge in [0.05, 0.1) is 6.61 Å². The van der Waals surface area contributed by atoms with Crippen LogP contribution in [0.25, 0.3) is 0 Å². The van der Waals surface area contributed by atoms with Gasteiger partial charge in [0.15, 0.2) is 0 Å². The quantitative estimate of drug-likeness (QED) is 0.816. The number of likely N-dealkylation sites (tertiary alicyclic amines) is 1. The van der Waals surface area contributed by atoms with Gasteiger partial charge in [-0.05, 0) is 43.9 Å². The minimum atomic E-state index is 0.245. The SMILES string of the molecule is CCOc1ccc(CCC(=O)N2CCC(c3ncc4c(n3)CCNC4)CC2)cc1. The normalized spacial score (nSPS) is 17.1. The molecule has 0 radical (unpaired) electrons. The van der Waals surface area contributed by atoms with Crippen molar-refractivity contribution < 1.29 is 9.53 Å². The zero-order valence-electron chi connectivity index (χ0n) is 17.2. The van der Waals surface area contributed by atoms with Crippen molar-refractivity contribution in [3.63, 3.8) is 0 Å². The average molecular weight is 395 g/mol. The predicted octanol–water partition coefficient (Wildman–Crippen LogP) is 2.86. The van der Waals surface area contributed by atoms with Crippen molar-refractivity contribution in [2.45, 2.75) is 51.5 Å². The number of amides is 1. The Morgan fingerprint density at radius 1 is 1.24 bits per heavy atom. The lowest BCUT2D eigenvalue weighted by molar-refractivity contribution is -0.132. The average Bonchev–Trinajstić information content (AvgIpc) is 2.78. The zero-order chi connectivity index (χ0) is 20.1. The maximum Gasteiger partial charge on any atom is 0.222 e. The highest BCUT2D eigenvalue weighted by molar-refractivity contribution is 5.76. The molecule has 1 saturated heterocycles. The van der Waals surface area contributed by atoms with E-state index in [9.17, 15) is 4.79 Å². The highest BCUT2D eigenvalue weighted by Crippen LogP contribution is 2.27. The number of hydrogen-bond donors (Lipinski definition) is 1. The van der Waals surface area contributed by atoms with Gasteiger partial charge in [0.1, 0.15) is 11.6 Å². The van der Waals surface area contributed by atoms with Gasteiger partial charge in [-0.15, -0.1) is 0 Å². The molecule has 0 saturated carbocycles. The molecular weight excluding hydrogens is 364 g/mol. The van der Waals surface area contributed by atoms with Crippen LogP contribution in [0.1, 0.15) is 54.7 Å². The summed E-state index contributed by atoms with van der Waals surface area (Å²) in [6, 6.07) is 8.05. The van der Waals surface area contributed by atoms with Crippen molar-refractivity contribution in [2.24, 2.45) is 0 Å². The zero-order valence-corrected chi connectivity index (χ0v) is 17.2. The van der Waals surface area contributed by atoms with Crippen LogP contribution in [0.15, 0.2) is 30.5 Å². The predicted molar refractivity (Wildman–Crippen MR) is 112 cm³/mol. The summed E-state index contributed by atoms with van der Waals surface area (Å²) in [5, 5.41) is 3.36. The first-order valence-electron chi connectivity index (χ1n) is 10.8. The van der Waals surface area contributed by atoms with Crippen molar-refractivity contribution in [3.05, 3.63) is 53.1 Å². The fraction of sp³-hybridized carbons (Fsp3) is 0.522. The Hall–Kier alpha value is -2.47. The van der Waals surface area contributed by atoms with Crippen LogP contribution >= 0.6 is 0 Å². The lowest BCUT2D eigenvalue weighted by atomic mass is 9.95. The molecule has 4 rings (SSSR count). The number of hydrogen-bond acceptors (Lipinski definition) is 5. The fourth-order valence-electron chi connectivity index (χ4n) is 4.16. The second-order valence-electron chi connectivity index (χ2n) is 7.86. The largest absolute Gasteiger partial charge is 0.494 e. The third-order valence-corrected chi connectivity index (χ3v) is 5.90. The fourth-order valence-corrected chi connectivity index (χ4v) is 4.16. The summed E-state index contributed by atoms with van der Waals surface area (Å²) < 4.78 is 5.47. The summed E-state index contributed by atoms with van der Waals surface area (Å²) in [4.78, 5) is 24.1. The summed E-state index contributed by atoms with van der Waals surface area (Å²) in [7, 11) is 0. The van der Waals surface area contributed by atoms with Crippen LogP contribution < -0.4 is 10.1 Å². The van der Waals surface area contributed by atoms with Crippen LogP contribution in [0.4, 0.5) is 0 Å². The summed E-state index contributed by atoms with van der Waals surface area (Å²) in [6.07, 6.45) is 6.19. The minimum absolute atomic E-state index is 0.245. The molecule has 0 aliphatic carbocycles. The minimum Gasteiger partial charge on any atom is -0.494 e. The number of piperidine rings is 1. The van der Waals surface area contributed by atoms with Gasteiger partial charge in [-0.3, -0.25) is 4.79 Å². The molecule has 2 aliphatic rings. The molecule has 6 heteroatoms. The van der Waals surface area contributed by atoms with Gasteiger partial charge in [0.25, 0.3) is 0 Å². The van der Waals surface area contributed by atoms with E-state index in [-0.39, 0.29) is 5.91 Å². The van der Waals surface area contributed by atoms with Crippen molar-refractivity contribution in [1.29, 1.82) is 0 Å². The Morgan fingerprint density at radius 3 is 2.79 bits per heavy atom. The maximum absolute atomic E-state index is 12.6. The molecule has 2 aliphatic heterocycles. The van der Waals surface area contributed by atoms with Crippen LogP contribution in [0.2, 0.25) is 0 Å². The number of benzene rings is 1. The number of aryl methyl sites for hydroxylation is 1. The Labute approximate surface area is 172 Å². The number of aromatic nitrogens is 2. The summed E-state index contributed by atoms with van der Waals surface area (Å²) in [6.45, 7) is 6.11. The van der Waals surface area contributed by atoms with Gasteiger partial charge in [-0.25, -0.2) is 9.97 Å². The standard InChI is InChI=1S/C23H30N4O2/c1-2-29-20-6-3-17(4-7-20)5-8-22(28)27-13-10-18(11-14-27)23-25-16-19-15-24-12-9-21(19)26-23/h3-4,6-7,16,18,24H,2,5,8-15H2,1H3. The third-order valence-electron chi connectivity index (χ3n) is 5.90. The van der Waals surface area contributed by atoms with Crippen LogP contribution in [-0.4, -0.2) is 47.0 Å². The highest BCUT2D eigenvalue weighted by atomic mass is 16.5. The van der Waals surface area contributed by atoms with Crippen LogP contribution in [0, 0.1) is 0 Å². The molecule has 1 fully saturated rings. The summed E-state index contributed by atoms with van der Waals surface area (Å²) in [5.74, 6) is 2.46.